The van der Waals surface area contributed by atoms with E-state index in [1.54, 1.807) is 7.11 Å². The van der Waals surface area contributed by atoms with Crippen molar-refractivity contribution < 1.29 is 4.74 Å². The smallest absolute Gasteiger partial charge is 0.123 e. The molecule has 1 aromatic carbocycles. The number of hydrogen-bond donors (Lipinski definition) is 1. The van der Waals surface area contributed by atoms with Gasteiger partial charge in [0, 0.05) is 30.7 Å². The van der Waals surface area contributed by atoms with Crippen LogP contribution in [0.4, 0.5) is 0 Å². The van der Waals surface area contributed by atoms with Gasteiger partial charge in [0.05, 0.1) is 7.11 Å². The third-order valence-electron chi connectivity index (χ3n) is 4.64. The van der Waals surface area contributed by atoms with Gasteiger partial charge in [0.15, 0.2) is 0 Å². The van der Waals surface area contributed by atoms with E-state index in [0.717, 1.165) is 25.4 Å². The maximum atomic E-state index is 5.54. The Hall–Kier alpha value is -1.06. The molecule has 0 aliphatic carbocycles. The van der Waals surface area contributed by atoms with E-state index in [1.807, 2.05) is 0 Å². The molecule has 1 aliphatic rings. The molecule has 118 valence electrons. The van der Waals surface area contributed by atoms with E-state index >= 15 is 0 Å². The highest BCUT2D eigenvalue weighted by atomic mass is 16.5. The predicted octanol–water partition coefficient (Wildman–Crippen LogP) is 3.21. The Morgan fingerprint density at radius 1 is 1.38 bits per heavy atom. The minimum atomic E-state index is 0.575. The van der Waals surface area contributed by atoms with E-state index in [-0.39, 0.29) is 0 Å². The number of nitrogens with one attached hydrogen (secondary N) is 1. The largest absolute Gasteiger partial charge is 0.496 e. The summed E-state index contributed by atoms with van der Waals surface area (Å²) in [6, 6.07) is 7.64. The summed E-state index contributed by atoms with van der Waals surface area (Å²) in [5.41, 5.74) is 2.60. The predicted molar refractivity (Wildman–Crippen MR) is 88.8 cm³/mol. The molecule has 1 N–H and O–H groups in total. The number of benzene rings is 1. The second-order valence-electron chi connectivity index (χ2n) is 6.69. The molecule has 0 bridgehead atoms. The van der Waals surface area contributed by atoms with Crippen LogP contribution in [0.2, 0.25) is 0 Å². The lowest BCUT2D eigenvalue weighted by atomic mass is 10.0. The molecule has 1 heterocycles. The summed E-state index contributed by atoms with van der Waals surface area (Å²) < 4.78 is 5.54. The van der Waals surface area contributed by atoms with Crippen LogP contribution in [0, 0.1) is 12.8 Å². The molecule has 2 atom stereocenters. The Bertz CT molecular complexity index is 459. The van der Waals surface area contributed by atoms with Crippen LogP contribution in [-0.2, 0) is 6.54 Å². The average Bonchev–Trinajstić information content (AvgIpc) is 2.62. The highest BCUT2D eigenvalue weighted by Crippen LogP contribution is 2.24. The fourth-order valence-electron chi connectivity index (χ4n) is 3.07. The summed E-state index contributed by atoms with van der Waals surface area (Å²) in [7, 11) is 1.76. The van der Waals surface area contributed by atoms with E-state index in [1.165, 1.54) is 17.5 Å². The average molecular weight is 290 g/mol. The Morgan fingerprint density at radius 3 is 2.81 bits per heavy atom. The molecular formula is C18H30N2O. The molecule has 2 unspecified atom stereocenters. The van der Waals surface area contributed by atoms with Crippen molar-refractivity contribution in [2.75, 3.05) is 20.2 Å². The van der Waals surface area contributed by atoms with E-state index < -0.39 is 0 Å². The highest BCUT2D eigenvalue weighted by molar-refractivity contribution is 5.36. The van der Waals surface area contributed by atoms with Crippen molar-refractivity contribution in [3.63, 3.8) is 0 Å². The highest BCUT2D eigenvalue weighted by Gasteiger charge is 2.25. The van der Waals surface area contributed by atoms with Gasteiger partial charge < -0.3 is 10.1 Å². The number of nitrogens with zero attached hydrogens (tertiary/aromatic N) is 1. The number of methoxy groups -OCH3 is 1. The number of hydrogen-bond acceptors (Lipinski definition) is 3. The van der Waals surface area contributed by atoms with Crippen molar-refractivity contribution in [1.82, 2.24) is 10.2 Å². The molecular weight excluding hydrogens is 260 g/mol. The fraction of sp³-hybridized carbons (Fsp3) is 0.667. The minimum absolute atomic E-state index is 0.575. The molecule has 1 fully saturated rings. The van der Waals surface area contributed by atoms with Crippen molar-refractivity contribution in [3.8, 4) is 5.75 Å². The Balaban J connectivity index is 2.17. The van der Waals surface area contributed by atoms with Gasteiger partial charge in [-0.15, -0.1) is 0 Å². The molecule has 1 aromatic rings. The lowest BCUT2D eigenvalue weighted by Gasteiger charge is -2.31. The SMILES string of the molecule is COc1ccc(C)cc1CN1CC(C(C)C)NCCC1C. The summed E-state index contributed by atoms with van der Waals surface area (Å²) in [6.07, 6.45) is 1.21. The zero-order chi connectivity index (χ0) is 15.4. The van der Waals surface area contributed by atoms with Crippen molar-refractivity contribution in [1.29, 1.82) is 0 Å². The van der Waals surface area contributed by atoms with Gasteiger partial charge in [0.1, 0.15) is 5.75 Å². The molecule has 3 heteroatoms. The molecule has 3 nitrogen and oxygen atoms in total. The van der Waals surface area contributed by atoms with Crippen LogP contribution in [0.15, 0.2) is 18.2 Å². The molecule has 0 spiro atoms. The van der Waals surface area contributed by atoms with Crippen LogP contribution < -0.4 is 10.1 Å². The van der Waals surface area contributed by atoms with Crippen molar-refractivity contribution in [2.24, 2.45) is 5.92 Å². The number of rotatable bonds is 4. The molecule has 0 amide bonds. The summed E-state index contributed by atoms with van der Waals surface area (Å²) in [5, 5.41) is 3.69. The van der Waals surface area contributed by atoms with Gasteiger partial charge in [-0.05, 0) is 38.8 Å². The van der Waals surface area contributed by atoms with Gasteiger partial charge in [-0.3, -0.25) is 4.90 Å². The first-order valence-corrected chi connectivity index (χ1v) is 8.12. The molecule has 2 rings (SSSR count). The van der Waals surface area contributed by atoms with E-state index in [9.17, 15) is 0 Å². The van der Waals surface area contributed by atoms with Crippen LogP contribution in [0.1, 0.15) is 38.3 Å². The lowest BCUT2D eigenvalue weighted by molar-refractivity contribution is 0.182. The molecule has 0 aromatic heterocycles. The van der Waals surface area contributed by atoms with Crippen molar-refractivity contribution in [2.45, 2.75) is 52.7 Å². The molecule has 0 saturated carbocycles. The zero-order valence-electron chi connectivity index (χ0n) is 14.1. The van der Waals surface area contributed by atoms with Crippen molar-refractivity contribution in [3.05, 3.63) is 29.3 Å². The van der Waals surface area contributed by atoms with Gasteiger partial charge in [0.2, 0.25) is 0 Å². The minimum Gasteiger partial charge on any atom is -0.496 e. The van der Waals surface area contributed by atoms with Crippen LogP contribution in [-0.4, -0.2) is 37.2 Å². The Labute approximate surface area is 129 Å². The third kappa shape index (κ3) is 4.21. The van der Waals surface area contributed by atoms with Crippen molar-refractivity contribution >= 4 is 0 Å². The van der Waals surface area contributed by atoms with Crippen LogP contribution in [0.25, 0.3) is 0 Å². The molecule has 1 aliphatic heterocycles. The Kier molecular flexibility index (Phi) is 5.65. The van der Waals surface area contributed by atoms with Gasteiger partial charge in [-0.25, -0.2) is 0 Å². The molecule has 21 heavy (non-hydrogen) atoms. The Morgan fingerprint density at radius 2 is 2.14 bits per heavy atom. The summed E-state index contributed by atoms with van der Waals surface area (Å²) in [5.74, 6) is 1.67. The van der Waals surface area contributed by atoms with Crippen LogP contribution in [0.3, 0.4) is 0 Å². The number of aryl methyl sites for hydroxylation is 1. The standard InChI is InChI=1S/C18H30N2O/c1-13(2)17-12-20(15(4)8-9-19-17)11-16-10-14(3)6-7-18(16)21-5/h6-7,10,13,15,17,19H,8-9,11-12H2,1-5H3. The molecule has 1 saturated heterocycles. The zero-order valence-corrected chi connectivity index (χ0v) is 14.1. The number of ether oxygens (including phenoxy) is 1. The monoisotopic (exact) mass is 290 g/mol. The maximum Gasteiger partial charge on any atom is 0.123 e. The maximum absolute atomic E-state index is 5.54. The second-order valence-corrected chi connectivity index (χ2v) is 6.69. The lowest BCUT2D eigenvalue weighted by Crippen LogP contribution is -2.42. The summed E-state index contributed by atoms with van der Waals surface area (Å²) in [4.78, 5) is 2.60. The molecule has 0 radical (unpaired) electrons. The quantitative estimate of drug-likeness (QED) is 0.921. The fourth-order valence-corrected chi connectivity index (χ4v) is 3.07. The van der Waals surface area contributed by atoms with Crippen LogP contribution in [0.5, 0.6) is 5.75 Å². The van der Waals surface area contributed by atoms with E-state index in [0.29, 0.717) is 18.0 Å². The summed E-state index contributed by atoms with van der Waals surface area (Å²) in [6.45, 7) is 12.3. The van der Waals surface area contributed by atoms with E-state index in [2.05, 4.69) is 56.1 Å². The normalized spacial score (nSPS) is 24.1. The first kappa shape index (κ1) is 16.3. The van der Waals surface area contributed by atoms with Gasteiger partial charge in [-0.2, -0.15) is 0 Å². The topological polar surface area (TPSA) is 24.5 Å². The third-order valence-corrected chi connectivity index (χ3v) is 4.64. The van der Waals surface area contributed by atoms with E-state index in [4.69, 9.17) is 4.74 Å². The first-order chi connectivity index (χ1) is 10.0. The second kappa shape index (κ2) is 7.28. The van der Waals surface area contributed by atoms with Gasteiger partial charge in [-0.1, -0.05) is 31.5 Å². The first-order valence-electron chi connectivity index (χ1n) is 8.12. The summed E-state index contributed by atoms with van der Waals surface area (Å²) >= 11 is 0. The van der Waals surface area contributed by atoms with Gasteiger partial charge >= 0.3 is 0 Å². The van der Waals surface area contributed by atoms with Gasteiger partial charge in [0.25, 0.3) is 0 Å². The van der Waals surface area contributed by atoms with Crippen LogP contribution >= 0.6 is 0 Å².